The summed E-state index contributed by atoms with van der Waals surface area (Å²) in [5.41, 5.74) is 7.60. The summed E-state index contributed by atoms with van der Waals surface area (Å²) in [4.78, 5) is 3.98. The van der Waals surface area contributed by atoms with E-state index in [-0.39, 0.29) is 0 Å². The highest BCUT2D eigenvalue weighted by molar-refractivity contribution is 5.54. The molecular weight excluding hydrogens is 190 g/mol. The molecule has 78 valence electrons. The summed E-state index contributed by atoms with van der Waals surface area (Å²) in [6.45, 7) is 0.772. The van der Waals surface area contributed by atoms with Crippen molar-refractivity contribution in [3.8, 4) is 5.75 Å². The topological polar surface area (TPSA) is 53.1 Å². The van der Waals surface area contributed by atoms with Crippen LogP contribution in [-0.4, -0.2) is 16.7 Å². The van der Waals surface area contributed by atoms with Gasteiger partial charge in [0.25, 0.3) is 0 Å². The van der Waals surface area contributed by atoms with Crippen molar-refractivity contribution >= 4 is 5.69 Å². The summed E-state index contributed by atoms with van der Waals surface area (Å²) >= 11 is 0. The zero-order valence-corrected chi connectivity index (χ0v) is 8.55. The molecule has 0 saturated heterocycles. The van der Waals surface area contributed by atoms with E-state index in [9.17, 15) is 0 Å². The lowest BCUT2D eigenvalue weighted by Crippen LogP contribution is -1.99. The Morgan fingerprint density at radius 2 is 2.33 bits per heavy atom. The first kappa shape index (κ1) is 9.58. The smallest absolute Gasteiger partial charge is 0.141 e. The Morgan fingerprint density at radius 1 is 1.47 bits per heavy atom. The van der Waals surface area contributed by atoms with E-state index in [1.807, 2.05) is 29.0 Å². The zero-order valence-electron chi connectivity index (χ0n) is 8.55. The molecule has 0 radical (unpaired) electrons. The second kappa shape index (κ2) is 4.04. The fourth-order valence-corrected chi connectivity index (χ4v) is 1.47. The molecule has 1 aromatic heterocycles. The Hall–Kier alpha value is -1.97. The quantitative estimate of drug-likeness (QED) is 0.769. The number of anilines is 1. The number of imidazole rings is 1. The van der Waals surface area contributed by atoms with Crippen molar-refractivity contribution in [1.82, 2.24) is 9.55 Å². The third-order valence-corrected chi connectivity index (χ3v) is 2.22. The average molecular weight is 203 g/mol. The first-order valence-corrected chi connectivity index (χ1v) is 4.67. The van der Waals surface area contributed by atoms with Crippen LogP contribution in [0.15, 0.2) is 36.9 Å². The van der Waals surface area contributed by atoms with Gasteiger partial charge in [-0.1, -0.05) is 6.07 Å². The van der Waals surface area contributed by atoms with E-state index in [2.05, 4.69) is 4.98 Å². The number of hydrogen-bond acceptors (Lipinski definition) is 3. The lowest BCUT2D eigenvalue weighted by atomic mass is 10.2. The largest absolute Gasteiger partial charge is 0.495 e. The summed E-state index contributed by atoms with van der Waals surface area (Å²) < 4.78 is 7.08. The second-order valence-electron chi connectivity index (χ2n) is 3.31. The minimum absolute atomic E-state index is 0.662. The maximum atomic E-state index is 5.81. The molecule has 1 heterocycles. The molecule has 0 spiro atoms. The van der Waals surface area contributed by atoms with Crippen LogP contribution in [0.4, 0.5) is 5.69 Å². The maximum absolute atomic E-state index is 5.81. The second-order valence-corrected chi connectivity index (χ2v) is 3.31. The Bertz CT molecular complexity index is 437. The molecular formula is C11H13N3O. The molecule has 0 aliphatic rings. The van der Waals surface area contributed by atoms with Crippen LogP contribution in [0.5, 0.6) is 5.75 Å². The first-order chi connectivity index (χ1) is 7.29. The van der Waals surface area contributed by atoms with E-state index in [1.165, 1.54) is 0 Å². The average Bonchev–Trinajstić information content (AvgIpc) is 2.71. The van der Waals surface area contributed by atoms with E-state index < -0.39 is 0 Å². The van der Waals surface area contributed by atoms with Crippen LogP contribution >= 0.6 is 0 Å². The third-order valence-electron chi connectivity index (χ3n) is 2.22. The number of nitrogens with zero attached hydrogens (tertiary/aromatic N) is 2. The number of ether oxygens (including phenoxy) is 1. The van der Waals surface area contributed by atoms with E-state index in [1.54, 1.807) is 19.6 Å². The van der Waals surface area contributed by atoms with Crippen LogP contribution in [0.1, 0.15) is 5.56 Å². The van der Waals surface area contributed by atoms with Gasteiger partial charge in [0.15, 0.2) is 0 Å². The lowest BCUT2D eigenvalue weighted by Gasteiger charge is -2.07. The fourth-order valence-electron chi connectivity index (χ4n) is 1.47. The predicted octanol–water partition coefficient (Wildman–Crippen LogP) is 1.52. The van der Waals surface area contributed by atoms with Crippen LogP contribution in [0.2, 0.25) is 0 Å². The molecule has 0 unspecified atom stereocenters. The summed E-state index contributed by atoms with van der Waals surface area (Å²) in [6.07, 6.45) is 5.45. The minimum atomic E-state index is 0.662. The van der Waals surface area contributed by atoms with Crippen molar-refractivity contribution in [1.29, 1.82) is 0 Å². The maximum Gasteiger partial charge on any atom is 0.141 e. The van der Waals surface area contributed by atoms with Crippen LogP contribution in [0.25, 0.3) is 0 Å². The Balaban J connectivity index is 2.20. The Morgan fingerprint density at radius 3 is 2.93 bits per heavy atom. The van der Waals surface area contributed by atoms with Gasteiger partial charge in [-0.25, -0.2) is 4.98 Å². The van der Waals surface area contributed by atoms with Gasteiger partial charge in [0.2, 0.25) is 0 Å². The van der Waals surface area contributed by atoms with Crippen molar-refractivity contribution in [2.24, 2.45) is 0 Å². The van der Waals surface area contributed by atoms with Crippen LogP contribution < -0.4 is 10.5 Å². The molecule has 0 bridgehead atoms. The summed E-state index contributed by atoms with van der Waals surface area (Å²) in [5.74, 6) is 0.712. The van der Waals surface area contributed by atoms with Gasteiger partial charge in [-0.2, -0.15) is 0 Å². The minimum Gasteiger partial charge on any atom is -0.495 e. The van der Waals surface area contributed by atoms with Gasteiger partial charge in [-0.15, -0.1) is 0 Å². The van der Waals surface area contributed by atoms with E-state index in [4.69, 9.17) is 10.5 Å². The van der Waals surface area contributed by atoms with Gasteiger partial charge >= 0.3 is 0 Å². The lowest BCUT2D eigenvalue weighted by molar-refractivity contribution is 0.417. The molecule has 0 fully saturated rings. The standard InChI is InChI=1S/C11H13N3O/c1-15-11-3-2-9(6-10(11)12)7-14-5-4-13-8-14/h2-6,8H,7,12H2,1H3. The molecule has 0 amide bonds. The van der Waals surface area contributed by atoms with Gasteiger partial charge in [0.05, 0.1) is 19.1 Å². The highest BCUT2D eigenvalue weighted by Crippen LogP contribution is 2.22. The van der Waals surface area contributed by atoms with Crippen molar-refractivity contribution < 1.29 is 4.74 Å². The molecule has 2 N–H and O–H groups in total. The number of hydrogen-bond donors (Lipinski definition) is 1. The SMILES string of the molecule is COc1ccc(Cn2ccnc2)cc1N. The highest BCUT2D eigenvalue weighted by Gasteiger charge is 2.00. The number of nitrogen functional groups attached to an aromatic ring is 1. The van der Waals surface area contributed by atoms with Gasteiger partial charge in [-0.3, -0.25) is 0 Å². The summed E-state index contributed by atoms with van der Waals surface area (Å²) in [7, 11) is 1.61. The van der Waals surface area contributed by atoms with Gasteiger partial charge in [0.1, 0.15) is 5.75 Å². The molecule has 4 nitrogen and oxygen atoms in total. The van der Waals surface area contributed by atoms with Gasteiger partial charge in [-0.05, 0) is 17.7 Å². The molecule has 2 aromatic rings. The molecule has 0 aliphatic heterocycles. The zero-order chi connectivity index (χ0) is 10.7. The number of methoxy groups -OCH3 is 1. The number of nitrogens with two attached hydrogens (primary N) is 1. The molecule has 15 heavy (non-hydrogen) atoms. The van der Waals surface area contributed by atoms with Gasteiger partial charge < -0.3 is 15.0 Å². The molecule has 4 heteroatoms. The van der Waals surface area contributed by atoms with E-state index >= 15 is 0 Å². The Kier molecular flexibility index (Phi) is 2.58. The van der Waals surface area contributed by atoms with Crippen LogP contribution in [0, 0.1) is 0 Å². The third kappa shape index (κ3) is 2.10. The van der Waals surface area contributed by atoms with Crippen molar-refractivity contribution in [2.45, 2.75) is 6.54 Å². The number of benzene rings is 1. The van der Waals surface area contributed by atoms with Crippen LogP contribution in [0.3, 0.4) is 0 Å². The van der Waals surface area contributed by atoms with E-state index in [0.29, 0.717) is 11.4 Å². The normalized spacial score (nSPS) is 10.2. The fraction of sp³-hybridized carbons (Fsp3) is 0.182. The summed E-state index contributed by atoms with van der Waals surface area (Å²) in [5, 5.41) is 0. The van der Waals surface area contributed by atoms with Crippen molar-refractivity contribution in [3.63, 3.8) is 0 Å². The molecule has 1 aromatic carbocycles. The molecule has 0 aliphatic carbocycles. The number of rotatable bonds is 3. The van der Waals surface area contributed by atoms with E-state index in [0.717, 1.165) is 12.1 Å². The number of aromatic nitrogens is 2. The Labute approximate surface area is 88.3 Å². The van der Waals surface area contributed by atoms with Gasteiger partial charge in [0, 0.05) is 18.9 Å². The first-order valence-electron chi connectivity index (χ1n) is 4.67. The molecule has 0 saturated carbocycles. The van der Waals surface area contributed by atoms with Crippen molar-refractivity contribution in [2.75, 3.05) is 12.8 Å². The molecule has 2 rings (SSSR count). The molecule has 0 atom stereocenters. The highest BCUT2D eigenvalue weighted by atomic mass is 16.5. The van der Waals surface area contributed by atoms with Crippen LogP contribution in [-0.2, 0) is 6.54 Å². The van der Waals surface area contributed by atoms with Crippen molar-refractivity contribution in [3.05, 3.63) is 42.5 Å². The monoisotopic (exact) mass is 203 g/mol. The summed E-state index contributed by atoms with van der Waals surface area (Å²) in [6, 6.07) is 5.79. The predicted molar refractivity (Wildman–Crippen MR) is 58.7 cm³/mol.